The molecule has 2 unspecified atom stereocenters. The van der Waals surface area contributed by atoms with Crippen molar-refractivity contribution < 1.29 is 0 Å². The highest BCUT2D eigenvalue weighted by Crippen LogP contribution is 2.16. The Hall–Kier alpha value is -1.46. The van der Waals surface area contributed by atoms with Crippen LogP contribution in [0.5, 0.6) is 0 Å². The summed E-state index contributed by atoms with van der Waals surface area (Å²) in [6, 6.07) is 6.80. The number of likely N-dealkylation sites (tertiary alicyclic amines) is 1. The molecule has 0 aliphatic carbocycles. The van der Waals surface area contributed by atoms with Crippen molar-refractivity contribution in [2.45, 2.75) is 38.3 Å². The van der Waals surface area contributed by atoms with E-state index in [1.807, 2.05) is 24.4 Å². The Morgan fingerprint density at radius 2 is 2.15 bits per heavy atom. The van der Waals surface area contributed by atoms with Crippen LogP contribution in [0.15, 0.2) is 24.4 Å². The van der Waals surface area contributed by atoms with E-state index in [1.54, 1.807) is 0 Å². The average Bonchev–Trinajstić information content (AvgIpc) is 2.78. The third-order valence-electron chi connectivity index (χ3n) is 4.16. The van der Waals surface area contributed by atoms with Crippen molar-refractivity contribution in [2.24, 2.45) is 0 Å². The molecule has 1 saturated heterocycles. The molecule has 0 radical (unpaired) electrons. The first-order valence-electron chi connectivity index (χ1n) is 7.48. The van der Waals surface area contributed by atoms with E-state index < -0.39 is 0 Å². The van der Waals surface area contributed by atoms with Gasteiger partial charge in [0.05, 0.1) is 6.04 Å². The maximum Gasteiger partial charge on any atom is 0.160 e. The lowest BCUT2D eigenvalue weighted by atomic mass is 10.1. The van der Waals surface area contributed by atoms with Gasteiger partial charge in [-0.25, -0.2) is 0 Å². The fraction of sp³-hybridized carbons (Fsp3) is 0.600. The molecule has 0 aromatic carbocycles. The second kappa shape index (κ2) is 5.89. The Kier molecular flexibility index (Phi) is 3.98. The first-order valence-corrected chi connectivity index (χ1v) is 7.48. The van der Waals surface area contributed by atoms with Gasteiger partial charge in [-0.1, -0.05) is 6.07 Å². The van der Waals surface area contributed by atoms with Crippen LogP contribution in [0.1, 0.15) is 38.1 Å². The molecule has 0 spiro atoms. The zero-order valence-corrected chi connectivity index (χ0v) is 12.3. The molecule has 3 rings (SSSR count). The van der Waals surface area contributed by atoms with Gasteiger partial charge in [0.1, 0.15) is 0 Å². The van der Waals surface area contributed by atoms with Crippen molar-refractivity contribution in [1.82, 2.24) is 24.8 Å². The molecule has 0 amide bonds. The third-order valence-corrected chi connectivity index (χ3v) is 4.16. The van der Waals surface area contributed by atoms with E-state index in [0.29, 0.717) is 6.04 Å². The van der Waals surface area contributed by atoms with Gasteiger partial charge in [-0.3, -0.25) is 4.40 Å². The molecule has 5 nitrogen and oxygen atoms in total. The highest BCUT2D eigenvalue weighted by molar-refractivity contribution is 5.37. The SMILES string of the molecule is CC(NC1CCCN(C)CC1)c1nnc2ccccn12. The number of hydrogen-bond donors (Lipinski definition) is 1. The van der Waals surface area contributed by atoms with Gasteiger partial charge in [0.15, 0.2) is 11.5 Å². The van der Waals surface area contributed by atoms with Gasteiger partial charge in [-0.05, 0) is 58.5 Å². The summed E-state index contributed by atoms with van der Waals surface area (Å²) >= 11 is 0. The maximum atomic E-state index is 4.34. The van der Waals surface area contributed by atoms with Crippen molar-refractivity contribution in [3.63, 3.8) is 0 Å². The minimum Gasteiger partial charge on any atom is -0.306 e. The quantitative estimate of drug-likeness (QED) is 0.927. The molecule has 5 heteroatoms. The van der Waals surface area contributed by atoms with Gasteiger partial charge in [-0.15, -0.1) is 10.2 Å². The first kappa shape index (κ1) is 13.5. The smallest absolute Gasteiger partial charge is 0.160 e. The van der Waals surface area contributed by atoms with Gasteiger partial charge >= 0.3 is 0 Å². The van der Waals surface area contributed by atoms with Crippen molar-refractivity contribution in [3.05, 3.63) is 30.2 Å². The molecule has 0 saturated carbocycles. The zero-order chi connectivity index (χ0) is 13.9. The van der Waals surface area contributed by atoms with Crippen molar-refractivity contribution >= 4 is 5.65 Å². The van der Waals surface area contributed by atoms with E-state index in [1.165, 1.54) is 32.4 Å². The number of nitrogens with zero attached hydrogens (tertiary/aromatic N) is 4. The summed E-state index contributed by atoms with van der Waals surface area (Å²) < 4.78 is 2.07. The van der Waals surface area contributed by atoms with Crippen molar-refractivity contribution in [3.8, 4) is 0 Å². The molecule has 1 aliphatic heterocycles. The van der Waals surface area contributed by atoms with Crippen molar-refractivity contribution in [2.75, 3.05) is 20.1 Å². The summed E-state index contributed by atoms with van der Waals surface area (Å²) in [6.45, 7) is 4.56. The van der Waals surface area contributed by atoms with Crippen LogP contribution in [0.2, 0.25) is 0 Å². The van der Waals surface area contributed by atoms with Gasteiger partial charge < -0.3 is 10.2 Å². The number of hydrogen-bond acceptors (Lipinski definition) is 4. The van der Waals surface area contributed by atoms with Crippen LogP contribution >= 0.6 is 0 Å². The number of nitrogens with one attached hydrogen (secondary N) is 1. The topological polar surface area (TPSA) is 45.5 Å². The molecule has 108 valence electrons. The molecule has 3 heterocycles. The Morgan fingerprint density at radius 1 is 1.25 bits per heavy atom. The lowest BCUT2D eigenvalue weighted by Crippen LogP contribution is -2.33. The number of rotatable bonds is 3. The summed E-state index contributed by atoms with van der Waals surface area (Å²) in [5, 5.41) is 12.3. The summed E-state index contributed by atoms with van der Waals surface area (Å²) in [7, 11) is 2.21. The molecular weight excluding hydrogens is 250 g/mol. The number of fused-ring (bicyclic) bond motifs is 1. The first-order chi connectivity index (χ1) is 9.74. The third kappa shape index (κ3) is 2.83. The molecule has 2 aromatic heterocycles. The summed E-state index contributed by atoms with van der Waals surface area (Å²) in [4.78, 5) is 2.42. The minimum absolute atomic E-state index is 0.223. The predicted molar refractivity (Wildman–Crippen MR) is 79.7 cm³/mol. The molecule has 1 aliphatic rings. The fourth-order valence-electron chi connectivity index (χ4n) is 2.99. The molecular formula is C15H23N5. The fourth-order valence-corrected chi connectivity index (χ4v) is 2.99. The summed E-state index contributed by atoms with van der Waals surface area (Å²) in [5.74, 6) is 0.998. The normalized spacial score (nSPS) is 22.8. The number of aromatic nitrogens is 3. The Labute approximate surface area is 120 Å². The average molecular weight is 273 g/mol. The molecule has 2 atom stereocenters. The molecule has 20 heavy (non-hydrogen) atoms. The van der Waals surface area contributed by atoms with E-state index in [4.69, 9.17) is 0 Å². The van der Waals surface area contributed by atoms with Gasteiger partial charge in [0.2, 0.25) is 0 Å². The highest BCUT2D eigenvalue weighted by atomic mass is 15.3. The minimum atomic E-state index is 0.223. The summed E-state index contributed by atoms with van der Waals surface area (Å²) in [6.07, 6.45) is 5.74. The van der Waals surface area contributed by atoms with E-state index >= 15 is 0 Å². The lowest BCUT2D eigenvalue weighted by Gasteiger charge is -2.21. The maximum absolute atomic E-state index is 4.34. The largest absolute Gasteiger partial charge is 0.306 e. The van der Waals surface area contributed by atoms with Crippen LogP contribution < -0.4 is 5.32 Å². The Morgan fingerprint density at radius 3 is 3.05 bits per heavy atom. The van der Waals surface area contributed by atoms with Crippen LogP contribution in [0.4, 0.5) is 0 Å². The predicted octanol–water partition coefficient (Wildman–Crippen LogP) is 1.86. The van der Waals surface area contributed by atoms with Gasteiger partial charge in [0, 0.05) is 12.2 Å². The second-order valence-electron chi connectivity index (χ2n) is 5.81. The van der Waals surface area contributed by atoms with Gasteiger partial charge in [0.25, 0.3) is 0 Å². The molecule has 0 bridgehead atoms. The standard InChI is InChI=1S/C15H23N5/c1-12(16-13-6-5-9-19(2)11-8-13)15-18-17-14-7-3-4-10-20(14)15/h3-4,7,10,12-13,16H,5-6,8-9,11H2,1-2H3. The second-order valence-corrected chi connectivity index (χ2v) is 5.81. The van der Waals surface area contributed by atoms with E-state index in [2.05, 4.69) is 38.8 Å². The van der Waals surface area contributed by atoms with Crippen LogP contribution in [0, 0.1) is 0 Å². The lowest BCUT2D eigenvalue weighted by molar-refractivity contribution is 0.339. The zero-order valence-electron chi connectivity index (χ0n) is 12.3. The molecule has 1 N–H and O–H groups in total. The molecule has 2 aromatic rings. The van der Waals surface area contributed by atoms with E-state index in [9.17, 15) is 0 Å². The van der Waals surface area contributed by atoms with Crippen LogP contribution in [0.25, 0.3) is 5.65 Å². The van der Waals surface area contributed by atoms with Crippen molar-refractivity contribution in [1.29, 1.82) is 0 Å². The summed E-state index contributed by atoms with van der Waals surface area (Å²) in [5.41, 5.74) is 0.914. The Balaban J connectivity index is 1.71. The Bertz CT molecular complexity index is 564. The van der Waals surface area contributed by atoms with Crippen LogP contribution in [-0.2, 0) is 0 Å². The van der Waals surface area contributed by atoms with E-state index in [0.717, 1.165) is 11.5 Å². The number of pyridine rings is 1. The van der Waals surface area contributed by atoms with E-state index in [-0.39, 0.29) is 6.04 Å². The monoisotopic (exact) mass is 273 g/mol. The van der Waals surface area contributed by atoms with Crippen LogP contribution in [-0.4, -0.2) is 45.7 Å². The van der Waals surface area contributed by atoms with Gasteiger partial charge in [-0.2, -0.15) is 0 Å². The highest BCUT2D eigenvalue weighted by Gasteiger charge is 2.19. The van der Waals surface area contributed by atoms with Crippen LogP contribution in [0.3, 0.4) is 0 Å². The molecule has 1 fully saturated rings.